The van der Waals surface area contributed by atoms with Gasteiger partial charge in [-0.2, -0.15) is 0 Å². The predicted molar refractivity (Wildman–Crippen MR) is 34.2 cm³/mol. The van der Waals surface area contributed by atoms with Crippen molar-refractivity contribution < 1.29 is 0 Å². The van der Waals surface area contributed by atoms with Crippen molar-refractivity contribution in [2.24, 2.45) is 0 Å². The van der Waals surface area contributed by atoms with Crippen LogP contribution in [0.5, 0.6) is 0 Å². The van der Waals surface area contributed by atoms with Crippen molar-refractivity contribution in [3.8, 4) is 0 Å². The summed E-state index contributed by atoms with van der Waals surface area (Å²) >= 11 is 3.28. The number of rotatable bonds is 0. The van der Waals surface area contributed by atoms with Crippen molar-refractivity contribution in [2.75, 3.05) is 0 Å². The molecule has 4 heavy (non-hydrogen) atoms. The Balaban J connectivity index is -0.00000000500. The fraction of sp³-hybridized carbons (Fsp3) is 0. The van der Waals surface area contributed by atoms with Crippen molar-refractivity contribution in [2.45, 2.75) is 0 Å². The third-order valence-electron chi connectivity index (χ3n) is 0. The molecule has 0 fully saturated rings. The van der Waals surface area contributed by atoms with Crippen molar-refractivity contribution in [3.05, 3.63) is 0 Å². The molecule has 0 bridgehead atoms. The van der Waals surface area contributed by atoms with Crippen LogP contribution in [0.1, 0.15) is 0 Å². The SMILES string of the molecule is [InH3].[SbH2][TeH].[SnH2]. The van der Waals surface area contributed by atoms with E-state index in [0.717, 1.165) is 0 Å². The topological polar surface area (TPSA) is 0 Å². The van der Waals surface area contributed by atoms with E-state index in [2.05, 4.69) is 0 Å². The Bertz CT molecular complexity index is 8.00. The van der Waals surface area contributed by atoms with E-state index in [1.807, 2.05) is 18.2 Å². The van der Waals surface area contributed by atoms with Gasteiger partial charge in [0.15, 0.2) is 0 Å². The quantitative estimate of drug-likeness (QED) is 0.307. The van der Waals surface area contributed by atoms with Crippen LogP contribution in [0.4, 0.5) is 0 Å². The van der Waals surface area contributed by atoms with Crippen molar-refractivity contribution in [1.29, 1.82) is 0 Å². The molecule has 0 unspecified atom stereocenters. The molecule has 0 spiro atoms. The fourth-order valence-electron chi connectivity index (χ4n) is 0. The first-order valence-electron chi connectivity index (χ1n) is 0.258. The Kier molecular flexibility index (Phi) is 63.8. The van der Waals surface area contributed by atoms with Crippen LogP contribution in [0, 0.1) is 0 Å². The van der Waals surface area contributed by atoms with E-state index in [1.54, 1.807) is 0 Å². The molecule has 0 aliphatic heterocycles. The van der Waals surface area contributed by atoms with Gasteiger partial charge in [0.2, 0.25) is 0 Å². The van der Waals surface area contributed by atoms with Gasteiger partial charge in [0, 0.05) is 0 Å². The summed E-state index contributed by atoms with van der Waals surface area (Å²) in [6.07, 6.45) is 0. The summed E-state index contributed by atoms with van der Waals surface area (Å²) in [5.41, 5.74) is 0. The Morgan fingerprint density at radius 3 is 1.25 bits per heavy atom. The zero-order valence-electron chi connectivity index (χ0n) is 1.73. The zero-order chi connectivity index (χ0) is 2.00. The summed E-state index contributed by atoms with van der Waals surface area (Å²) in [6.45, 7) is 0. The molecular formula is H8InSbSnTe. The molecule has 0 rings (SSSR count). The first kappa shape index (κ1) is 15.7. The summed E-state index contributed by atoms with van der Waals surface area (Å²) in [5.74, 6) is 0. The molecule has 0 aliphatic carbocycles. The molecule has 0 aromatic carbocycles. The van der Waals surface area contributed by atoms with Gasteiger partial charge in [0.1, 0.15) is 0 Å². The predicted octanol–water partition coefficient (Wildman–Crippen LogP) is -3.66. The standard InChI is InChI=1S/In.Sb.Sn.H2Te.7H/h;;;1H2;;;;;;;/q;+1;;;;;;;;;/p-1. The zero-order valence-corrected chi connectivity index (χ0v) is 11.6. The van der Waals surface area contributed by atoms with Gasteiger partial charge in [-0.1, -0.05) is 0 Å². The van der Waals surface area contributed by atoms with Gasteiger partial charge in [0.25, 0.3) is 0 Å². The minimum absolute atomic E-state index is 0. The molecule has 0 nitrogen and oxygen atoms in total. The Morgan fingerprint density at radius 1 is 1.25 bits per heavy atom. The van der Waals surface area contributed by atoms with Gasteiger partial charge in [-0.05, 0) is 0 Å². The van der Waals surface area contributed by atoms with Gasteiger partial charge < -0.3 is 0 Å². The second kappa shape index (κ2) is 16.3. The van der Waals surface area contributed by atoms with Crippen LogP contribution in [0.15, 0.2) is 0 Å². The van der Waals surface area contributed by atoms with Gasteiger partial charge >= 0.3 is 87.1 Å². The second-order valence-electron chi connectivity index (χ2n) is 0. The molecule has 0 amide bonds. The number of hydrogen-bond donors (Lipinski definition) is 0. The maximum atomic E-state index is 1.88. The monoisotopic (exact) mass is 494 g/mol. The van der Waals surface area contributed by atoms with E-state index < -0.39 is 0 Å². The summed E-state index contributed by atoms with van der Waals surface area (Å²) in [6, 6.07) is 0. The Hall–Kier alpha value is 3.28. The molecule has 0 N–H and O–H groups in total. The van der Waals surface area contributed by atoms with E-state index in [-0.39, 0.29) is 49.8 Å². The first-order chi connectivity index (χ1) is 1.00. The summed E-state index contributed by atoms with van der Waals surface area (Å²) < 4.78 is 0. The van der Waals surface area contributed by atoms with Gasteiger partial charge in [-0.3, -0.25) is 0 Å². The molecular weight excluding hydrogens is 483 g/mol. The third-order valence-corrected chi connectivity index (χ3v) is 0. The molecule has 0 atom stereocenters. The van der Waals surface area contributed by atoms with Crippen LogP contribution < -0.4 is 0 Å². The molecule has 4 heteroatoms. The van der Waals surface area contributed by atoms with E-state index in [1.165, 1.54) is 19.1 Å². The number of hydrogen-bond acceptors (Lipinski definition) is 0. The van der Waals surface area contributed by atoms with Crippen LogP contribution in [-0.4, -0.2) is 87.1 Å². The maximum absolute atomic E-state index is 1.88. The van der Waals surface area contributed by atoms with Crippen LogP contribution >= 0.6 is 0 Å². The van der Waals surface area contributed by atoms with E-state index >= 15 is 0 Å². The van der Waals surface area contributed by atoms with Gasteiger partial charge in [-0.15, -0.1) is 0 Å². The molecule has 0 aromatic heterocycles. The second-order valence-corrected chi connectivity index (χ2v) is 0. The molecule has 26 valence electrons. The van der Waals surface area contributed by atoms with E-state index in [9.17, 15) is 0 Å². The van der Waals surface area contributed by atoms with Gasteiger partial charge in [0.05, 0.1) is 0 Å². The summed E-state index contributed by atoms with van der Waals surface area (Å²) in [4.78, 5) is 0. The summed E-state index contributed by atoms with van der Waals surface area (Å²) in [5, 5.41) is 0. The van der Waals surface area contributed by atoms with Crippen LogP contribution in [-0.2, 0) is 0 Å². The van der Waals surface area contributed by atoms with Crippen molar-refractivity contribution >= 4 is 87.1 Å². The van der Waals surface area contributed by atoms with Crippen LogP contribution in [0.3, 0.4) is 0 Å². The molecule has 0 aromatic rings. The van der Waals surface area contributed by atoms with Gasteiger partial charge in [-0.25, -0.2) is 0 Å². The fourth-order valence-corrected chi connectivity index (χ4v) is 0. The normalized spacial score (nSPS) is 1.50. The van der Waals surface area contributed by atoms with Crippen LogP contribution in [0.25, 0.3) is 0 Å². The minimum atomic E-state index is 0. The van der Waals surface area contributed by atoms with Crippen LogP contribution in [0.2, 0.25) is 0 Å². The molecule has 0 saturated heterocycles. The first-order valence-corrected chi connectivity index (χ1v) is 11.6. The van der Waals surface area contributed by atoms with E-state index in [4.69, 9.17) is 0 Å². The average molecular weight is 491 g/mol. The Labute approximate surface area is 85.0 Å². The molecule has 0 aliphatic rings. The molecule has 0 heterocycles. The molecule has 2 radical (unpaired) electrons. The van der Waals surface area contributed by atoms with Crippen molar-refractivity contribution in [3.63, 3.8) is 0 Å². The van der Waals surface area contributed by atoms with Crippen molar-refractivity contribution in [1.82, 2.24) is 0 Å². The molecule has 0 saturated carbocycles. The Morgan fingerprint density at radius 2 is 1.25 bits per heavy atom. The van der Waals surface area contributed by atoms with E-state index in [0.29, 0.717) is 0 Å². The summed E-state index contributed by atoms with van der Waals surface area (Å²) in [7, 11) is 0. The average Bonchev–Trinajstić information content (AvgIpc) is 1.00. The third kappa shape index (κ3) is 8.99.